The van der Waals surface area contributed by atoms with Crippen LogP contribution in [0.4, 0.5) is 0 Å². The van der Waals surface area contributed by atoms with Gasteiger partial charge in [0.2, 0.25) is 5.76 Å². The van der Waals surface area contributed by atoms with E-state index >= 15 is 0 Å². The Hall–Kier alpha value is -2.30. The third-order valence-corrected chi connectivity index (χ3v) is 2.17. The van der Waals surface area contributed by atoms with Crippen molar-refractivity contribution < 1.29 is 14.1 Å². The topological polar surface area (TPSA) is 64.4 Å². The van der Waals surface area contributed by atoms with Crippen LogP contribution < -0.4 is 10.1 Å². The van der Waals surface area contributed by atoms with Gasteiger partial charge in [-0.2, -0.15) is 0 Å². The number of hydrogen-bond donors (Lipinski definition) is 1. The summed E-state index contributed by atoms with van der Waals surface area (Å²) in [5.74, 6) is 0.107. The molecule has 1 N–H and O–H groups in total. The molecule has 88 valence electrons. The number of benzene rings is 1. The van der Waals surface area contributed by atoms with E-state index in [0.717, 1.165) is 5.56 Å². The molecule has 0 saturated carbocycles. The Labute approximate surface area is 98.4 Å². The zero-order valence-electron chi connectivity index (χ0n) is 9.34. The van der Waals surface area contributed by atoms with Gasteiger partial charge in [-0.25, -0.2) is 0 Å². The Bertz CT molecular complexity index is 493. The summed E-state index contributed by atoms with van der Waals surface area (Å²) < 4.78 is 10.2. The van der Waals surface area contributed by atoms with Gasteiger partial charge in [0.25, 0.3) is 11.8 Å². The quantitative estimate of drug-likeness (QED) is 0.869. The first-order chi connectivity index (χ1) is 8.29. The van der Waals surface area contributed by atoms with Gasteiger partial charge < -0.3 is 14.6 Å². The second-order valence-corrected chi connectivity index (χ2v) is 3.38. The molecule has 0 aliphatic carbocycles. The molecule has 0 aliphatic rings. The average Bonchev–Trinajstić information content (AvgIpc) is 2.85. The Balaban J connectivity index is 1.96. The second-order valence-electron chi connectivity index (χ2n) is 3.38. The number of ether oxygens (including phenoxy) is 1. The number of carbonyl (C=O) groups is 1. The predicted octanol–water partition coefficient (Wildman–Crippen LogP) is 1.61. The lowest BCUT2D eigenvalue weighted by Gasteiger charge is -2.00. The zero-order valence-corrected chi connectivity index (χ0v) is 9.34. The highest BCUT2D eigenvalue weighted by atomic mass is 16.5. The smallest absolute Gasteiger partial charge is 0.289 e. The lowest BCUT2D eigenvalue weighted by Crippen LogP contribution is -2.16. The monoisotopic (exact) mass is 232 g/mol. The molecule has 1 aromatic heterocycles. The van der Waals surface area contributed by atoms with E-state index in [-0.39, 0.29) is 11.7 Å². The Morgan fingerprint density at radius 3 is 2.88 bits per heavy atom. The van der Waals surface area contributed by atoms with E-state index in [1.807, 2.05) is 30.3 Å². The van der Waals surface area contributed by atoms with Gasteiger partial charge in [0.05, 0.1) is 6.07 Å². The summed E-state index contributed by atoms with van der Waals surface area (Å²) >= 11 is 0. The van der Waals surface area contributed by atoms with Crippen LogP contribution in [0.1, 0.15) is 16.1 Å². The van der Waals surface area contributed by atoms with E-state index in [9.17, 15) is 4.79 Å². The summed E-state index contributed by atoms with van der Waals surface area (Å²) in [4.78, 5) is 11.2. The molecule has 0 bridgehead atoms. The number of amides is 1. The van der Waals surface area contributed by atoms with Gasteiger partial charge in [-0.1, -0.05) is 30.3 Å². The lowest BCUT2D eigenvalue weighted by atomic mass is 10.2. The Morgan fingerprint density at radius 2 is 2.18 bits per heavy atom. The van der Waals surface area contributed by atoms with Crippen molar-refractivity contribution in [2.24, 2.45) is 0 Å². The summed E-state index contributed by atoms with van der Waals surface area (Å²) in [7, 11) is 1.52. The number of nitrogens with one attached hydrogen (secondary N) is 1. The highest BCUT2D eigenvalue weighted by Crippen LogP contribution is 2.13. The molecule has 1 aromatic carbocycles. The van der Waals surface area contributed by atoms with Crippen LogP contribution in [0.3, 0.4) is 0 Å². The van der Waals surface area contributed by atoms with Crippen LogP contribution >= 0.6 is 0 Å². The van der Waals surface area contributed by atoms with Crippen molar-refractivity contribution in [1.29, 1.82) is 0 Å². The van der Waals surface area contributed by atoms with Crippen LogP contribution in [0.2, 0.25) is 0 Å². The van der Waals surface area contributed by atoms with E-state index in [1.165, 1.54) is 13.1 Å². The molecule has 5 heteroatoms. The SMILES string of the molecule is CNC(=O)c1cc(OCc2ccccc2)no1. The number of aromatic nitrogens is 1. The van der Waals surface area contributed by atoms with Crippen LogP contribution in [-0.2, 0) is 6.61 Å². The molecule has 0 spiro atoms. The maximum absolute atomic E-state index is 11.2. The predicted molar refractivity (Wildman–Crippen MR) is 60.7 cm³/mol. The lowest BCUT2D eigenvalue weighted by molar-refractivity contribution is 0.0926. The van der Waals surface area contributed by atoms with Gasteiger partial charge in [-0.3, -0.25) is 4.79 Å². The van der Waals surface area contributed by atoms with Gasteiger partial charge in [0.15, 0.2) is 0 Å². The van der Waals surface area contributed by atoms with E-state index in [1.54, 1.807) is 0 Å². The van der Waals surface area contributed by atoms with E-state index in [0.29, 0.717) is 12.5 Å². The molecule has 17 heavy (non-hydrogen) atoms. The van der Waals surface area contributed by atoms with E-state index in [2.05, 4.69) is 10.5 Å². The molecule has 1 heterocycles. The molecule has 0 fully saturated rings. The van der Waals surface area contributed by atoms with Gasteiger partial charge >= 0.3 is 0 Å². The molecule has 0 aliphatic heterocycles. The standard InChI is InChI=1S/C12H12N2O3/c1-13-12(15)10-7-11(14-17-10)16-8-9-5-3-2-4-6-9/h2-7H,8H2,1H3,(H,13,15). The molecule has 0 saturated heterocycles. The minimum absolute atomic E-state index is 0.135. The highest BCUT2D eigenvalue weighted by molar-refractivity contribution is 5.91. The maximum atomic E-state index is 11.2. The molecule has 2 rings (SSSR count). The largest absolute Gasteiger partial charge is 0.471 e. The van der Waals surface area contributed by atoms with Crippen molar-refractivity contribution in [3.8, 4) is 5.88 Å². The number of rotatable bonds is 4. The Kier molecular flexibility index (Phi) is 3.40. The fraction of sp³-hybridized carbons (Fsp3) is 0.167. The van der Waals surface area contributed by atoms with Crippen LogP contribution in [-0.4, -0.2) is 18.1 Å². The normalized spacial score (nSPS) is 9.94. The number of nitrogens with zero attached hydrogens (tertiary/aromatic N) is 1. The van der Waals surface area contributed by atoms with Crippen LogP contribution in [0.5, 0.6) is 5.88 Å². The van der Waals surface area contributed by atoms with Crippen molar-refractivity contribution in [2.45, 2.75) is 6.61 Å². The van der Waals surface area contributed by atoms with Gasteiger partial charge in [0, 0.05) is 7.05 Å². The molecule has 0 atom stereocenters. The number of carbonyl (C=O) groups excluding carboxylic acids is 1. The minimum atomic E-state index is -0.327. The summed E-state index contributed by atoms with van der Waals surface area (Å²) in [6.07, 6.45) is 0. The van der Waals surface area contributed by atoms with Crippen LogP contribution in [0.15, 0.2) is 40.9 Å². The van der Waals surface area contributed by atoms with Crippen molar-refractivity contribution in [1.82, 2.24) is 10.5 Å². The van der Waals surface area contributed by atoms with Gasteiger partial charge in [-0.15, -0.1) is 0 Å². The van der Waals surface area contributed by atoms with E-state index in [4.69, 9.17) is 9.26 Å². The highest BCUT2D eigenvalue weighted by Gasteiger charge is 2.11. The maximum Gasteiger partial charge on any atom is 0.289 e. The number of hydrogen-bond acceptors (Lipinski definition) is 4. The molecule has 5 nitrogen and oxygen atoms in total. The van der Waals surface area contributed by atoms with E-state index < -0.39 is 0 Å². The molecule has 0 radical (unpaired) electrons. The first-order valence-electron chi connectivity index (χ1n) is 5.15. The van der Waals surface area contributed by atoms with Crippen LogP contribution in [0, 0.1) is 0 Å². The first kappa shape index (κ1) is 11.2. The average molecular weight is 232 g/mol. The second kappa shape index (κ2) is 5.16. The van der Waals surface area contributed by atoms with Gasteiger partial charge in [-0.05, 0) is 10.7 Å². The van der Waals surface area contributed by atoms with Gasteiger partial charge in [0.1, 0.15) is 6.61 Å². The van der Waals surface area contributed by atoms with Crippen molar-refractivity contribution in [3.05, 3.63) is 47.7 Å². The Morgan fingerprint density at radius 1 is 1.41 bits per heavy atom. The minimum Gasteiger partial charge on any atom is -0.471 e. The third kappa shape index (κ3) is 2.84. The van der Waals surface area contributed by atoms with Crippen molar-refractivity contribution in [2.75, 3.05) is 7.05 Å². The molecular weight excluding hydrogens is 220 g/mol. The summed E-state index contributed by atoms with van der Waals surface area (Å²) in [5.41, 5.74) is 1.02. The molecule has 1 amide bonds. The molecule has 0 unspecified atom stereocenters. The van der Waals surface area contributed by atoms with Crippen molar-refractivity contribution >= 4 is 5.91 Å². The molecular formula is C12H12N2O3. The summed E-state index contributed by atoms with van der Waals surface area (Å²) in [6.45, 7) is 0.389. The fourth-order valence-corrected chi connectivity index (χ4v) is 1.29. The fourth-order valence-electron chi connectivity index (χ4n) is 1.29. The zero-order chi connectivity index (χ0) is 12.1. The summed E-state index contributed by atoms with van der Waals surface area (Å²) in [6, 6.07) is 11.1. The van der Waals surface area contributed by atoms with Crippen LogP contribution in [0.25, 0.3) is 0 Å². The molecule has 2 aromatic rings. The van der Waals surface area contributed by atoms with Crippen molar-refractivity contribution in [3.63, 3.8) is 0 Å². The summed E-state index contributed by atoms with van der Waals surface area (Å²) in [5, 5.41) is 6.08. The third-order valence-electron chi connectivity index (χ3n) is 2.17. The first-order valence-corrected chi connectivity index (χ1v) is 5.15.